The van der Waals surface area contributed by atoms with Crippen LogP contribution in [-0.4, -0.2) is 22.9 Å². The van der Waals surface area contributed by atoms with Crippen molar-refractivity contribution in [1.29, 1.82) is 0 Å². The topological polar surface area (TPSA) is 101 Å². The van der Waals surface area contributed by atoms with Crippen LogP contribution in [0.1, 0.15) is 16.7 Å². The molecule has 1 unspecified atom stereocenters. The second-order valence-corrected chi connectivity index (χ2v) is 4.98. The number of urea groups is 1. The van der Waals surface area contributed by atoms with Gasteiger partial charge in [0, 0.05) is 23.1 Å². The van der Waals surface area contributed by atoms with Crippen molar-refractivity contribution in [2.24, 2.45) is 0 Å². The van der Waals surface area contributed by atoms with Gasteiger partial charge in [-0.25, -0.2) is 4.79 Å². The highest BCUT2D eigenvalue weighted by Gasteiger charge is 2.32. The van der Waals surface area contributed by atoms with E-state index in [0.29, 0.717) is 21.7 Å². The van der Waals surface area contributed by atoms with Crippen molar-refractivity contribution >= 4 is 29.2 Å². The average Bonchev–Trinajstić information content (AvgIpc) is 2.68. The predicted molar refractivity (Wildman–Crippen MR) is 71.7 cm³/mol. The summed E-state index contributed by atoms with van der Waals surface area (Å²) < 4.78 is 0. The van der Waals surface area contributed by atoms with Crippen molar-refractivity contribution in [2.45, 2.75) is 26.3 Å². The molecule has 1 fully saturated rings. The molecule has 0 aromatic heterocycles. The number of imide groups is 1. The number of halogens is 1. The fourth-order valence-corrected chi connectivity index (χ4v) is 2.37. The summed E-state index contributed by atoms with van der Waals surface area (Å²) in [5, 5.41) is 16.1. The quantitative estimate of drug-likeness (QED) is 0.503. The minimum Gasteiger partial charge on any atom is -0.326 e. The number of nitrogens with zero attached hydrogens (tertiary/aromatic N) is 1. The lowest BCUT2D eigenvalue weighted by molar-refractivity contribution is -0.385. The molecule has 0 spiro atoms. The largest absolute Gasteiger partial charge is 0.326 e. The van der Waals surface area contributed by atoms with E-state index in [1.165, 1.54) is 6.07 Å². The zero-order valence-electron chi connectivity index (χ0n) is 10.8. The first-order valence-corrected chi connectivity index (χ1v) is 6.23. The van der Waals surface area contributed by atoms with Gasteiger partial charge in [0.1, 0.15) is 6.04 Å². The minimum atomic E-state index is -0.821. The van der Waals surface area contributed by atoms with Gasteiger partial charge in [0.2, 0.25) is 0 Å². The first-order chi connectivity index (χ1) is 9.31. The molecule has 1 heterocycles. The molecule has 1 aliphatic heterocycles. The van der Waals surface area contributed by atoms with E-state index in [1.807, 2.05) is 0 Å². The highest BCUT2D eigenvalue weighted by molar-refractivity contribution is 6.32. The molecule has 1 saturated heterocycles. The Hall–Kier alpha value is -2.15. The lowest BCUT2D eigenvalue weighted by atomic mass is 9.97. The summed E-state index contributed by atoms with van der Waals surface area (Å²) in [7, 11) is 0. The molecule has 1 aromatic carbocycles. The van der Waals surface area contributed by atoms with Gasteiger partial charge in [0.05, 0.1) is 4.92 Å². The first kappa shape index (κ1) is 14.3. The summed E-state index contributed by atoms with van der Waals surface area (Å²) in [5.41, 5.74) is 1.40. The van der Waals surface area contributed by atoms with Gasteiger partial charge in [-0.2, -0.15) is 0 Å². The minimum absolute atomic E-state index is 0.0275. The fourth-order valence-electron chi connectivity index (χ4n) is 2.20. The Morgan fingerprint density at radius 2 is 2.05 bits per heavy atom. The van der Waals surface area contributed by atoms with Crippen LogP contribution in [0.25, 0.3) is 0 Å². The summed E-state index contributed by atoms with van der Waals surface area (Å²) >= 11 is 6.10. The van der Waals surface area contributed by atoms with Crippen molar-refractivity contribution in [3.05, 3.63) is 37.9 Å². The maximum absolute atomic E-state index is 11.5. The number of rotatable bonds is 3. The number of amides is 3. The Bertz CT molecular complexity index is 630. The Kier molecular flexibility index (Phi) is 3.63. The smallest absolute Gasteiger partial charge is 0.322 e. The molecular formula is C12H12ClN3O4. The monoisotopic (exact) mass is 297 g/mol. The summed E-state index contributed by atoms with van der Waals surface area (Å²) in [6, 6.07) is -0.0449. The van der Waals surface area contributed by atoms with E-state index in [9.17, 15) is 19.7 Å². The number of hydrogen-bond acceptors (Lipinski definition) is 4. The summed E-state index contributed by atoms with van der Waals surface area (Å²) in [6.07, 6.45) is 0.0275. The number of benzene rings is 1. The molecule has 1 aliphatic rings. The van der Waals surface area contributed by atoms with Crippen molar-refractivity contribution in [1.82, 2.24) is 10.6 Å². The first-order valence-electron chi connectivity index (χ1n) is 5.85. The molecule has 0 radical (unpaired) electrons. The molecule has 20 heavy (non-hydrogen) atoms. The normalized spacial score (nSPS) is 17.9. The number of nitro benzene ring substituents is 1. The van der Waals surface area contributed by atoms with E-state index >= 15 is 0 Å². The summed E-state index contributed by atoms with van der Waals surface area (Å²) in [5.74, 6) is -0.500. The molecule has 7 nitrogen and oxygen atoms in total. The van der Waals surface area contributed by atoms with Gasteiger partial charge in [-0.05, 0) is 25.0 Å². The van der Waals surface area contributed by atoms with Crippen molar-refractivity contribution < 1.29 is 14.5 Å². The number of carbonyl (C=O) groups is 2. The van der Waals surface area contributed by atoms with Crippen LogP contribution in [0, 0.1) is 24.0 Å². The molecule has 3 amide bonds. The third-order valence-electron chi connectivity index (χ3n) is 3.25. The second kappa shape index (κ2) is 5.09. The number of nitrogens with one attached hydrogen (secondary N) is 2. The van der Waals surface area contributed by atoms with Crippen molar-refractivity contribution in [3.63, 3.8) is 0 Å². The molecule has 1 aromatic rings. The van der Waals surface area contributed by atoms with Crippen LogP contribution in [-0.2, 0) is 11.2 Å². The van der Waals surface area contributed by atoms with E-state index in [-0.39, 0.29) is 12.1 Å². The van der Waals surface area contributed by atoms with E-state index in [2.05, 4.69) is 10.6 Å². The van der Waals surface area contributed by atoms with Gasteiger partial charge < -0.3 is 5.32 Å². The molecule has 0 aliphatic carbocycles. The molecule has 0 saturated carbocycles. The predicted octanol–water partition coefficient (Wildman–Crippen LogP) is 1.62. The third-order valence-corrected chi connectivity index (χ3v) is 3.84. The molecule has 1 atom stereocenters. The molecule has 2 rings (SSSR count). The molecule has 0 bridgehead atoms. The lowest BCUT2D eigenvalue weighted by Gasteiger charge is -2.13. The van der Waals surface area contributed by atoms with E-state index in [0.717, 1.165) is 0 Å². The Morgan fingerprint density at radius 3 is 2.55 bits per heavy atom. The maximum atomic E-state index is 11.5. The molecular weight excluding hydrogens is 286 g/mol. The van der Waals surface area contributed by atoms with Gasteiger partial charge >= 0.3 is 6.03 Å². The van der Waals surface area contributed by atoms with E-state index in [1.54, 1.807) is 13.8 Å². The molecule has 8 heteroatoms. The molecule has 106 valence electrons. The van der Waals surface area contributed by atoms with Crippen LogP contribution in [0.4, 0.5) is 10.5 Å². The number of carbonyl (C=O) groups excluding carboxylic acids is 2. The number of aryl methyl sites for hydroxylation is 1. The van der Waals surface area contributed by atoms with Gasteiger partial charge in [-0.1, -0.05) is 11.6 Å². The van der Waals surface area contributed by atoms with E-state index < -0.39 is 22.9 Å². The van der Waals surface area contributed by atoms with Gasteiger partial charge in [-0.15, -0.1) is 0 Å². The zero-order valence-corrected chi connectivity index (χ0v) is 11.6. The zero-order chi connectivity index (χ0) is 15.0. The van der Waals surface area contributed by atoms with E-state index in [4.69, 9.17) is 11.6 Å². The highest BCUT2D eigenvalue weighted by Crippen LogP contribution is 2.32. The summed E-state index contributed by atoms with van der Waals surface area (Å²) in [6.45, 7) is 3.34. The fraction of sp³-hybridized carbons (Fsp3) is 0.333. The maximum Gasteiger partial charge on any atom is 0.322 e. The second-order valence-electron chi connectivity index (χ2n) is 4.61. The third kappa shape index (κ3) is 2.44. The molecule has 2 N–H and O–H groups in total. The van der Waals surface area contributed by atoms with Crippen molar-refractivity contribution in [3.8, 4) is 0 Å². The number of hydrogen-bond donors (Lipinski definition) is 2. The Labute approximate surface area is 119 Å². The van der Waals surface area contributed by atoms with Crippen LogP contribution in [0.15, 0.2) is 6.07 Å². The van der Waals surface area contributed by atoms with Crippen molar-refractivity contribution in [2.75, 3.05) is 0 Å². The summed E-state index contributed by atoms with van der Waals surface area (Å²) in [4.78, 5) is 33.2. The Morgan fingerprint density at radius 1 is 1.40 bits per heavy atom. The van der Waals surface area contributed by atoms with Crippen LogP contribution >= 0.6 is 11.6 Å². The van der Waals surface area contributed by atoms with Crippen LogP contribution in [0.3, 0.4) is 0 Å². The highest BCUT2D eigenvalue weighted by atomic mass is 35.5. The van der Waals surface area contributed by atoms with Crippen LogP contribution in [0.5, 0.6) is 0 Å². The van der Waals surface area contributed by atoms with Crippen LogP contribution in [0.2, 0.25) is 5.02 Å². The van der Waals surface area contributed by atoms with Crippen LogP contribution < -0.4 is 10.6 Å². The lowest BCUT2D eigenvalue weighted by Crippen LogP contribution is -2.31. The number of nitro groups is 1. The Balaban J connectivity index is 2.45. The average molecular weight is 298 g/mol. The standard InChI is InChI=1S/C12H12ClN3O4/c1-5-3-9(16(19)20)7(6(2)10(5)13)4-8-11(17)15-12(18)14-8/h3,8H,4H2,1-2H3,(H2,14,15,17,18). The van der Waals surface area contributed by atoms with Gasteiger partial charge in [0.15, 0.2) is 0 Å². The van der Waals surface area contributed by atoms with Gasteiger partial charge in [0.25, 0.3) is 11.6 Å². The SMILES string of the molecule is Cc1cc([N+](=O)[O-])c(CC2NC(=O)NC2=O)c(C)c1Cl. The van der Waals surface area contributed by atoms with Gasteiger partial charge in [-0.3, -0.25) is 20.2 Å².